The molecule has 2 aliphatic rings. The first kappa shape index (κ1) is 24.9. The number of rotatable bonds is 10. The van der Waals surface area contributed by atoms with E-state index in [9.17, 15) is 0 Å². The Balaban J connectivity index is 1.63. The maximum atomic E-state index is 7.40. The van der Waals surface area contributed by atoms with Crippen LogP contribution in [-0.2, 0) is 6.15 Å². The third kappa shape index (κ3) is 4.18. The Morgan fingerprint density at radius 1 is 0.486 bits per heavy atom. The van der Waals surface area contributed by atoms with Crippen LogP contribution in [0.1, 0.15) is 69.7 Å². The van der Waals surface area contributed by atoms with Crippen LogP contribution in [0, 0.1) is 0 Å². The first-order valence-corrected chi connectivity index (χ1v) is 19.6. The minimum absolute atomic E-state index is 0.180. The molecule has 0 aromatic heterocycles. The van der Waals surface area contributed by atoms with Gasteiger partial charge in [-0.25, -0.2) is 0 Å². The van der Waals surface area contributed by atoms with E-state index in [4.69, 9.17) is 6.15 Å². The number of benzene rings is 4. The van der Waals surface area contributed by atoms with Crippen molar-refractivity contribution in [3.63, 3.8) is 0 Å². The molecule has 4 aromatic carbocycles. The third-order valence-corrected chi connectivity index (χ3v) is 20.0. The molecule has 188 valence electrons. The number of unbranched alkanes of at least 4 members (excludes halogenated alkanes) is 2. The molecule has 3 heteroatoms. The second-order valence-corrected chi connectivity index (χ2v) is 19.4. The molecule has 0 heterocycles. The average Bonchev–Trinajstić information content (AvgIpc) is 3.47. The first-order valence-electron chi connectivity index (χ1n) is 13.9. The van der Waals surface area contributed by atoms with Crippen LogP contribution in [0.2, 0.25) is 0 Å². The Hall–Kier alpha value is -2.40. The van der Waals surface area contributed by atoms with Gasteiger partial charge in [0, 0.05) is 0 Å². The predicted molar refractivity (Wildman–Crippen MR) is 155 cm³/mol. The normalized spacial score (nSPS) is 14.3. The van der Waals surface area contributed by atoms with Gasteiger partial charge in [0.15, 0.2) is 0 Å². The molecular formula is C34H36O2Sn. The molecule has 0 fully saturated rings. The van der Waals surface area contributed by atoms with Crippen molar-refractivity contribution in [2.24, 2.45) is 0 Å². The van der Waals surface area contributed by atoms with Gasteiger partial charge in [-0.05, 0) is 0 Å². The maximum absolute atomic E-state index is 7.40. The van der Waals surface area contributed by atoms with Crippen LogP contribution >= 0.6 is 0 Å². The fourth-order valence-electron chi connectivity index (χ4n) is 6.47. The van der Waals surface area contributed by atoms with E-state index in [1.165, 1.54) is 44.5 Å². The molecule has 0 aliphatic heterocycles. The van der Waals surface area contributed by atoms with Crippen LogP contribution in [0.5, 0.6) is 0 Å². The number of hydrogen-bond acceptors (Lipinski definition) is 2. The van der Waals surface area contributed by atoms with E-state index in [1.807, 2.05) is 0 Å². The van der Waals surface area contributed by atoms with Crippen molar-refractivity contribution in [2.75, 3.05) is 13.2 Å². The molecule has 4 aromatic rings. The molecular weight excluding hydrogens is 559 g/mol. The quantitative estimate of drug-likeness (QED) is 0.135. The van der Waals surface area contributed by atoms with Crippen LogP contribution in [0.15, 0.2) is 97.1 Å². The molecule has 2 aliphatic carbocycles. The van der Waals surface area contributed by atoms with Crippen molar-refractivity contribution < 1.29 is 6.15 Å². The summed E-state index contributed by atoms with van der Waals surface area (Å²) in [5.41, 5.74) is 11.0. The van der Waals surface area contributed by atoms with E-state index in [-0.39, 0.29) is 7.87 Å². The van der Waals surface area contributed by atoms with Gasteiger partial charge >= 0.3 is 228 Å². The number of fused-ring (bicyclic) bond motifs is 6. The zero-order valence-electron chi connectivity index (χ0n) is 22.0. The standard InChI is InChI=1S/2C13H9.2C4H9O.Sn/c2*1-3-7-12-10(5-1)9-11-6-2-4-8-13(11)12;2*1-2-3-4-5;/h2*1-9H;2*2-4H2,1H3;/q;;2*-1;+2. The molecule has 2 nitrogen and oxygen atoms in total. The fourth-order valence-corrected chi connectivity index (χ4v) is 20.0. The van der Waals surface area contributed by atoms with Crippen LogP contribution in [0.25, 0.3) is 22.3 Å². The van der Waals surface area contributed by atoms with E-state index in [2.05, 4.69) is 111 Å². The summed E-state index contributed by atoms with van der Waals surface area (Å²) in [6.07, 6.45) is 4.35. The van der Waals surface area contributed by atoms with Gasteiger partial charge in [0.1, 0.15) is 0 Å². The monoisotopic (exact) mass is 596 g/mol. The summed E-state index contributed by atoms with van der Waals surface area (Å²) in [5.74, 6) is 0. The van der Waals surface area contributed by atoms with Gasteiger partial charge in [-0.15, -0.1) is 0 Å². The Morgan fingerprint density at radius 2 is 0.784 bits per heavy atom. The molecule has 0 unspecified atom stereocenters. The Labute approximate surface area is 226 Å². The fraction of sp³-hybridized carbons (Fsp3) is 0.294. The molecule has 37 heavy (non-hydrogen) atoms. The Kier molecular flexibility index (Phi) is 7.25. The van der Waals surface area contributed by atoms with Crippen molar-refractivity contribution in [3.05, 3.63) is 119 Å². The Morgan fingerprint density at radius 3 is 1.08 bits per heavy atom. The molecule has 0 N–H and O–H groups in total. The zero-order chi connectivity index (χ0) is 25.2. The van der Waals surface area contributed by atoms with E-state index >= 15 is 0 Å². The summed E-state index contributed by atoms with van der Waals surface area (Å²) < 4.78 is 15.2. The van der Waals surface area contributed by atoms with Crippen molar-refractivity contribution in [3.8, 4) is 22.3 Å². The molecule has 0 bridgehead atoms. The van der Waals surface area contributed by atoms with Crippen LogP contribution < -0.4 is 0 Å². The molecule has 0 amide bonds. The van der Waals surface area contributed by atoms with E-state index in [1.54, 1.807) is 0 Å². The van der Waals surface area contributed by atoms with Crippen molar-refractivity contribution >= 4 is 19.2 Å². The third-order valence-electron chi connectivity index (χ3n) is 8.12. The summed E-state index contributed by atoms with van der Waals surface area (Å²) in [5, 5.41) is 0. The molecule has 0 radical (unpaired) electrons. The second kappa shape index (κ2) is 10.8. The first-order chi connectivity index (χ1) is 18.3. The summed E-state index contributed by atoms with van der Waals surface area (Å²) in [6, 6.07) is 36.0. The predicted octanol–water partition coefficient (Wildman–Crippen LogP) is 8.77. The molecule has 0 saturated carbocycles. The summed E-state index contributed by atoms with van der Waals surface area (Å²) in [6.45, 7) is 6.03. The van der Waals surface area contributed by atoms with E-state index in [0.717, 1.165) is 38.9 Å². The topological polar surface area (TPSA) is 18.5 Å². The summed E-state index contributed by atoms with van der Waals surface area (Å²) >= 11 is -4.11. The van der Waals surface area contributed by atoms with Crippen LogP contribution in [-0.4, -0.2) is 32.4 Å². The van der Waals surface area contributed by atoms with E-state index in [0.29, 0.717) is 0 Å². The van der Waals surface area contributed by atoms with E-state index < -0.39 is 19.2 Å². The zero-order valence-corrected chi connectivity index (χ0v) is 24.8. The van der Waals surface area contributed by atoms with Gasteiger partial charge in [-0.2, -0.15) is 0 Å². The van der Waals surface area contributed by atoms with Gasteiger partial charge in [0.05, 0.1) is 0 Å². The second-order valence-electron chi connectivity index (χ2n) is 10.3. The van der Waals surface area contributed by atoms with Crippen LogP contribution in [0.3, 0.4) is 0 Å². The van der Waals surface area contributed by atoms with Gasteiger partial charge in [-0.1, -0.05) is 0 Å². The van der Waals surface area contributed by atoms with Crippen molar-refractivity contribution in [1.82, 2.24) is 0 Å². The van der Waals surface area contributed by atoms with Crippen LogP contribution in [0.4, 0.5) is 0 Å². The van der Waals surface area contributed by atoms with Crippen molar-refractivity contribution in [2.45, 2.75) is 47.4 Å². The van der Waals surface area contributed by atoms with Gasteiger partial charge < -0.3 is 0 Å². The van der Waals surface area contributed by atoms with Crippen molar-refractivity contribution in [1.29, 1.82) is 0 Å². The van der Waals surface area contributed by atoms with Gasteiger partial charge in [0.2, 0.25) is 0 Å². The number of hydrogen-bond donors (Lipinski definition) is 0. The molecule has 0 atom stereocenters. The SMILES string of the molecule is CCCC[O][Sn]([O]CCCC)([CH]1c2ccccc2-c2ccccc21)[CH]1c2ccccc2-c2ccccc21. The molecule has 0 saturated heterocycles. The van der Waals surface area contributed by atoms with Gasteiger partial charge in [-0.3, -0.25) is 0 Å². The summed E-state index contributed by atoms with van der Waals surface area (Å²) in [7, 11) is 0. The molecule has 6 rings (SSSR count). The molecule has 0 spiro atoms. The average molecular weight is 595 g/mol. The Bertz CT molecular complexity index is 1200. The summed E-state index contributed by atoms with van der Waals surface area (Å²) in [4.78, 5) is 0. The van der Waals surface area contributed by atoms with Gasteiger partial charge in [0.25, 0.3) is 0 Å². The minimum atomic E-state index is -4.11.